The number of hydrogen-bond acceptors (Lipinski definition) is 7. The van der Waals surface area contributed by atoms with E-state index in [0.29, 0.717) is 24.8 Å². The Morgan fingerprint density at radius 1 is 1.13 bits per heavy atom. The zero-order chi connectivity index (χ0) is 21.6. The highest BCUT2D eigenvalue weighted by Gasteiger charge is 2.49. The molecule has 3 aliphatic rings. The minimum atomic E-state index is -0.201. The molecule has 0 N–H and O–H groups in total. The Balaban J connectivity index is 1.42. The molecule has 4 rings (SSSR count). The van der Waals surface area contributed by atoms with Crippen molar-refractivity contribution in [2.24, 2.45) is 11.8 Å². The molecule has 2 fully saturated rings. The summed E-state index contributed by atoms with van der Waals surface area (Å²) in [7, 11) is 0. The first kappa shape index (κ1) is 22.1. The minimum Gasteiger partial charge on any atom is -0.493 e. The molecule has 0 amide bonds. The number of rotatable bonds is 9. The summed E-state index contributed by atoms with van der Waals surface area (Å²) < 4.78 is 29.2. The molecule has 4 unspecified atom stereocenters. The maximum atomic E-state index is 13.2. The Labute approximate surface area is 184 Å². The van der Waals surface area contributed by atoms with Crippen molar-refractivity contribution in [3.8, 4) is 11.5 Å². The van der Waals surface area contributed by atoms with Gasteiger partial charge in [-0.25, -0.2) is 0 Å². The van der Waals surface area contributed by atoms with Gasteiger partial charge in [0.05, 0.1) is 25.4 Å². The molecular weight excluding hydrogens is 398 g/mol. The first-order valence-electron chi connectivity index (χ1n) is 11.4. The second-order valence-corrected chi connectivity index (χ2v) is 8.24. The fraction of sp³-hybridized carbons (Fsp3) is 0.625. The average molecular weight is 432 g/mol. The molecule has 31 heavy (non-hydrogen) atoms. The molecule has 2 aliphatic heterocycles. The van der Waals surface area contributed by atoms with Crippen LogP contribution in [-0.4, -0.2) is 62.5 Å². The maximum absolute atomic E-state index is 13.2. The third-order valence-electron chi connectivity index (χ3n) is 6.25. The number of benzene rings is 1. The zero-order valence-corrected chi connectivity index (χ0v) is 18.5. The number of ketones is 1. The van der Waals surface area contributed by atoms with Gasteiger partial charge in [0.1, 0.15) is 12.4 Å². The fourth-order valence-corrected chi connectivity index (χ4v) is 4.76. The maximum Gasteiger partial charge on any atom is 0.208 e. The van der Waals surface area contributed by atoms with Crippen LogP contribution in [0.2, 0.25) is 0 Å². The molecule has 1 aliphatic carbocycles. The van der Waals surface area contributed by atoms with Gasteiger partial charge in [-0.1, -0.05) is 12.1 Å². The van der Waals surface area contributed by atoms with Crippen molar-refractivity contribution >= 4 is 5.78 Å². The standard InChI is InChI=1S/C24H33NO6/c1-3-27-13-7-12-25-14-18-19(30-16-25)11-10-17-23(26)22(15-29-24(17)18)31-21-9-6-5-8-20(21)28-4-2/h5-6,8-9,15,17-19,24H,3-4,7,10-14,16H2,1-2H3. The summed E-state index contributed by atoms with van der Waals surface area (Å²) in [6.07, 6.45) is 4.06. The van der Waals surface area contributed by atoms with Crippen molar-refractivity contribution < 1.29 is 28.5 Å². The van der Waals surface area contributed by atoms with Crippen molar-refractivity contribution in [3.63, 3.8) is 0 Å². The molecule has 7 nitrogen and oxygen atoms in total. The second-order valence-electron chi connectivity index (χ2n) is 8.24. The van der Waals surface area contributed by atoms with E-state index in [1.807, 2.05) is 32.0 Å². The van der Waals surface area contributed by atoms with E-state index >= 15 is 0 Å². The van der Waals surface area contributed by atoms with E-state index in [4.69, 9.17) is 23.7 Å². The lowest BCUT2D eigenvalue weighted by Gasteiger charge is -2.48. The first-order valence-corrected chi connectivity index (χ1v) is 11.4. The van der Waals surface area contributed by atoms with Gasteiger partial charge < -0.3 is 23.7 Å². The summed E-state index contributed by atoms with van der Waals surface area (Å²) in [5.74, 6) is 1.38. The number of fused-ring (bicyclic) bond motifs is 3. The Kier molecular flexibility index (Phi) is 7.48. The quantitative estimate of drug-likeness (QED) is 0.555. The largest absolute Gasteiger partial charge is 0.493 e. The lowest BCUT2D eigenvalue weighted by molar-refractivity contribution is -0.173. The highest BCUT2D eigenvalue weighted by molar-refractivity contribution is 5.96. The summed E-state index contributed by atoms with van der Waals surface area (Å²) in [6.45, 7) is 8.39. The molecule has 4 atom stereocenters. The molecule has 1 aromatic carbocycles. The molecule has 0 aromatic heterocycles. The van der Waals surface area contributed by atoms with E-state index in [0.717, 1.165) is 45.6 Å². The van der Waals surface area contributed by atoms with Crippen LogP contribution in [0.3, 0.4) is 0 Å². The predicted molar refractivity (Wildman–Crippen MR) is 115 cm³/mol. The summed E-state index contributed by atoms with van der Waals surface area (Å²) in [4.78, 5) is 15.5. The summed E-state index contributed by atoms with van der Waals surface area (Å²) >= 11 is 0. The number of Topliss-reactive ketones (excluding diaryl/α,β-unsaturated/α-hetero) is 1. The number of ether oxygens (including phenoxy) is 5. The van der Waals surface area contributed by atoms with Crippen LogP contribution in [0.4, 0.5) is 0 Å². The monoisotopic (exact) mass is 431 g/mol. The van der Waals surface area contributed by atoms with E-state index < -0.39 is 0 Å². The van der Waals surface area contributed by atoms with E-state index in [1.165, 1.54) is 6.26 Å². The third-order valence-corrected chi connectivity index (χ3v) is 6.25. The number of nitrogens with zero attached hydrogens (tertiary/aromatic N) is 1. The minimum absolute atomic E-state index is 0.00877. The fourth-order valence-electron chi connectivity index (χ4n) is 4.76. The number of carbonyl (C=O) groups excluding carboxylic acids is 1. The molecule has 1 saturated heterocycles. The highest BCUT2D eigenvalue weighted by Crippen LogP contribution is 2.41. The Morgan fingerprint density at radius 3 is 2.77 bits per heavy atom. The van der Waals surface area contributed by atoms with Crippen molar-refractivity contribution in [1.29, 1.82) is 0 Å². The molecular formula is C24H33NO6. The van der Waals surface area contributed by atoms with Crippen molar-refractivity contribution in [3.05, 3.63) is 36.3 Å². The lowest BCUT2D eigenvalue weighted by atomic mass is 9.73. The SMILES string of the molecule is CCOCCCN1COC2CCC3C(=O)C(Oc4ccccc4OCC)=COC3C2C1. The number of allylic oxidation sites excluding steroid dienone is 1. The van der Waals surface area contributed by atoms with Crippen LogP contribution in [-0.2, 0) is 19.0 Å². The van der Waals surface area contributed by atoms with Gasteiger partial charge in [0.15, 0.2) is 11.5 Å². The van der Waals surface area contributed by atoms with Gasteiger partial charge in [0, 0.05) is 32.2 Å². The summed E-state index contributed by atoms with van der Waals surface area (Å²) in [5.41, 5.74) is 0. The van der Waals surface area contributed by atoms with Crippen molar-refractivity contribution in [1.82, 2.24) is 4.90 Å². The number of carbonyl (C=O) groups is 1. The second kappa shape index (κ2) is 10.5. The van der Waals surface area contributed by atoms with E-state index in [1.54, 1.807) is 6.07 Å². The molecule has 1 aromatic rings. The van der Waals surface area contributed by atoms with E-state index in [-0.39, 0.29) is 35.6 Å². The van der Waals surface area contributed by atoms with Gasteiger partial charge in [-0.05, 0) is 45.2 Å². The average Bonchev–Trinajstić information content (AvgIpc) is 2.79. The Morgan fingerprint density at radius 2 is 1.97 bits per heavy atom. The lowest BCUT2D eigenvalue weighted by Crippen LogP contribution is -2.57. The first-order chi connectivity index (χ1) is 15.2. The number of para-hydroxylation sites is 2. The molecule has 7 heteroatoms. The molecule has 170 valence electrons. The van der Waals surface area contributed by atoms with E-state index in [9.17, 15) is 4.79 Å². The Hall–Kier alpha value is -2.09. The van der Waals surface area contributed by atoms with Crippen LogP contribution in [0.5, 0.6) is 11.5 Å². The van der Waals surface area contributed by atoms with Gasteiger partial charge >= 0.3 is 0 Å². The topological polar surface area (TPSA) is 66.5 Å². The molecule has 1 saturated carbocycles. The molecule has 0 radical (unpaired) electrons. The van der Waals surface area contributed by atoms with Gasteiger partial charge in [-0.15, -0.1) is 0 Å². The highest BCUT2D eigenvalue weighted by atomic mass is 16.5. The van der Waals surface area contributed by atoms with Crippen LogP contribution in [0, 0.1) is 11.8 Å². The van der Waals surface area contributed by atoms with Crippen LogP contribution >= 0.6 is 0 Å². The van der Waals surface area contributed by atoms with Crippen LogP contribution in [0.1, 0.15) is 33.1 Å². The third kappa shape index (κ3) is 5.05. The number of hydrogen-bond donors (Lipinski definition) is 0. The molecule has 2 heterocycles. The van der Waals surface area contributed by atoms with Crippen molar-refractivity contribution in [2.75, 3.05) is 39.6 Å². The van der Waals surface area contributed by atoms with Gasteiger partial charge in [0.25, 0.3) is 0 Å². The van der Waals surface area contributed by atoms with Gasteiger partial charge in [-0.2, -0.15) is 0 Å². The summed E-state index contributed by atoms with van der Waals surface area (Å²) in [6, 6.07) is 7.38. The molecule has 0 bridgehead atoms. The normalized spacial score (nSPS) is 28.2. The van der Waals surface area contributed by atoms with E-state index in [2.05, 4.69) is 4.90 Å². The summed E-state index contributed by atoms with van der Waals surface area (Å²) in [5, 5.41) is 0. The van der Waals surface area contributed by atoms with Crippen LogP contribution < -0.4 is 9.47 Å². The van der Waals surface area contributed by atoms with Gasteiger partial charge in [-0.3, -0.25) is 9.69 Å². The molecule has 0 spiro atoms. The Bertz CT molecular complexity index is 781. The zero-order valence-electron chi connectivity index (χ0n) is 18.5. The predicted octanol–water partition coefficient (Wildman–Crippen LogP) is 3.38. The van der Waals surface area contributed by atoms with Crippen LogP contribution in [0.25, 0.3) is 0 Å². The van der Waals surface area contributed by atoms with Gasteiger partial charge in [0.2, 0.25) is 11.5 Å². The smallest absolute Gasteiger partial charge is 0.208 e. The van der Waals surface area contributed by atoms with Crippen LogP contribution in [0.15, 0.2) is 36.3 Å². The van der Waals surface area contributed by atoms with Crippen molar-refractivity contribution in [2.45, 2.75) is 45.3 Å².